The first-order chi connectivity index (χ1) is 13.3. The number of aromatic nitrogens is 4. The molecular weight excluding hydrogens is 358 g/mol. The van der Waals surface area contributed by atoms with E-state index in [1.54, 1.807) is 24.4 Å². The van der Waals surface area contributed by atoms with Crippen LogP contribution in [0.3, 0.4) is 0 Å². The van der Waals surface area contributed by atoms with E-state index in [1.807, 2.05) is 32.8 Å². The number of hydrogen-bond acceptors (Lipinski definition) is 6. The fraction of sp³-hybridized carbons (Fsp3) is 0.350. The van der Waals surface area contributed by atoms with Gasteiger partial charge >= 0.3 is 5.69 Å². The Hall–Kier alpha value is -3.31. The summed E-state index contributed by atoms with van der Waals surface area (Å²) >= 11 is 0. The summed E-state index contributed by atoms with van der Waals surface area (Å²) in [6.45, 7) is 3.77. The van der Waals surface area contributed by atoms with Gasteiger partial charge in [0.1, 0.15) is 11.6 Å². The second-order valence-electron chi connectivity index (χ2n) is 6.48. The summed E-state index contributed by atoms with van der Waals surface area (Å²) in [5.41, 5.74) is 0.464. The van der Waals surface area contributed by atoms with Gasteiger partial charge < -0.3 is 15.1 Å². The number of aromatic amines is 1. The largest absolute Gasteiger partial charge is 0.507 e. The van der Waals surface area contributed by atoms with Crippen LogP contribution in [0.15, 0.2) is 41.0 Å². The fourth-order valence-corrected chi connectivity index (χ4v) is 2.35. The van der Waals surface area contributed by atoms with Crippen LogP contribution in [0.25, 0.3) is 11.3 Å². The molecule has 28 heavy (non-hydrogen) atoms. The van der Waals surface area contributed by atoms with Crippen molar-refractivity contribution in [1.82, 2.24) is 19.7 Å². The molecule has 0 fully saturated rings. The Kier molecular flexibility index (Phi) is 8.72. The highest BCUT2D eigenvalue weighted by atomic mass is 16.3. The van der Waals surface area contributed by atoms with Crippen LogP contribution in [0.5, 0.6) is 0 Å². The van der Waals surface area contributed by atoms with Gasteiger partial charge in [0.25, 0.3) is 0 Å². The lowest BCUT2D eigenvalue weighted by Crippen LogP contribution is -2.18. The predicted molar refractivity (Wildman–Crippen MR) is 111 cm³/mol. The Morgan fingerprint density at radius 3 is 2.50 bits per heavy atom. The maximum Gasteiger partial charge on any atom is 0.348 e. The van der Waals surface area contributed by atoms with E-state index in [4.69, 9.17) is 5.11 Å². The number of nitrogens with one attached hydrogen (secondary N) is 1. The lowest BCUT2D eigenvalue weighted by atomic mass is 10.1. The minimum atomic E-state index is -0.438. The van der Waals surface area contributed by atoms with Crippen molar-refractivity contribution in [2.24, 2.45) is 5.92 Å². The van der Waals surface area contributed by atoms with Crippen molar-refractivity contribution < 1.29 is 10.2 Å². The maximum atomic E-state index is 12.3. The van der Waals surface area contributed by atoms with E-state index in [-0.39, 0.29) is 18.2 Å². The number of aliphatic hydroxyl groups excluding tert-OH is 2. The van der Waals surface area contributed by atoms with E-state index in [1.165, 1.54) is 10.6 Å². The molecule has 0 saturated heterocycles. The van der Waals surface area contributed by atoms with Crippen molar-refractivity contribution in [1.29, 1.82) is 0 Å². The highest BCUT2D eigenvalue weighted by Gasteiger charge is 2.18. The van der Waals surface area contributed by atoms with Crippen LogP contribution in [0, 0.1) is 18.8 Å². The van der Waals surface area contributed by atoms with Crippen LogP contribution in [-0.4, -0.2) is 50.7 Å². The molecule has 3 N–H and O–H groups in total. The lowest BCUT2D eigenvalue weighted by molar-refractivity contribution is 0.333. The average molecular weight is 385 g/mol. The third-order valence-electron chi connectivity index (χ3n) is 3.72. The van der Waals surface area contributed by atoms with E-state index in [0.29, 0.717) is 23.6 Å². The molecule has 0 aliphatic heterocycles. The molecule has 8 nitrogen and oxygen atoms in total. The molecule has 0 saturated carbocycles. The molecule has 150 valence electrons. The highest BCUT2D eigenvalue weighted by molar-refractivity contribution is 5.73. The number of aliphatic hydroxyl groups is 2. The molecule has 0 unspecified atom stereocenters. The molecule has 0 atom stereocenters. The van der Waals surface area contributed by atoms with Gasteiger partial charge in [-0.3, -0.25) is 0 Å². The SMILES string of the molecule is C#C.CC(C)C/C=C(\C(O)=C/CO)c1n[nH]c(=O)n1-c1ccc(N(C)C)nc1. The van der Waals surface area contributed by atoms with Crippen LogP contribution >= 0.6 is 0 Å². The average Bonchev–Trinajstić information content (AvgIpc) is 3.05. The monoisotopic (exact) mass is 385 g/mol. The van der Waals surface area contributed by atoms with Crippen LogP contribution in [0.1, 0.15) is 26.1 Å². The Morgan fingerprint density at radius 1 is 1.32 bits per heavy atom. The summed E-state index contributed by atoms with van der Waals surface area (Å²) in [6, 6.07) is 3.55. The van der Waals surface area contributed by atoms with Gasteiger partial charge in [0.2, 0.25) is 0 Å². The van der Waals surface area contributed by atoms with Crippen molar-refractivity contribution in [3.63, 3.8) is 0 Å². The number of rotatable bonds is 7. The second kappa shape index (κ2) is 10.7. The van der Waals surface area contributed by atoms with Crippen molar-refractivity contribution >= 4 is 11.4 Å². The summed E-state index contributed by atoms with van der Waals surface area (Å²) in [7, 11) is 3.75. The van der Waals surface area contributed by atoms with Crippen LogP contribution in [-0.2, 0) is 0 Å². The van der Waals surface area contributed by atoms with Gasteiger partial charge in [-0.05, 0) is 30.5 Å². The first kappa shape index (κ1) is 22.7. The molecule has 2 rings (SSSR count). The number of pyridine rings is 1. The normalized spacial score (nSPS) is 11.9. The zero-order chi connectivity index (χ0) is 21.3. The molecule has 2 aromatic heterocycles. The zero-order valence-electron chi connectivity index (χ0n) is 16.6. The smallest absolute Gasteiger partial charge is 0.348 e. The molecule has 0 aliphatic rings. The first-order valence-corrected chi connectivity index (χ1v) is 8.70. The number of H-pyrrole nitrogens is 1. The molecule has 2 aromatic rings. The highest BCUT2D eigenvalue weighted by Crippen LogP contribution is 2.23. The van der Waals surface area contributed by atoms with E-state index in [9.17, 15) is 9.90 Å². The minimum absolute atomic E-state index is 0.133. The van der Waals surface area contributed by atoms with Gasteiger partial charge in [-0.15, -0.1) is 12.8 Å². The molecule has 0 radical (unpaired) electrons. The second-order valence-corrected chi connectivity index (χ2v) is 6.48. The standard InChI is InChI=1S/C18H25N5O3.C2H2/c1-12(2)5-7-14(15(25)9-10-24)17-20-21-18(26)23(17)13-6-8-16(19-11-13)22(3)4;1-2/h6-9,11-12,24-25H,5,10H2,1-4H3,(H,21,26);1-2H/b14-7+,15-9+;. The van der Waals surface area contributed by atoms with Crippen molar-refractivity contribution in [3.05, 3.63) is 52.5 Å². The topological polar surface area (TPSA) is 107 Å². The van der Waals surface area contributed by atoms with Gasteiger partial charge in [0, 0.05) is 14.1 Å². The van der Waals surface area contributed by atoms with Crippen LogP contribution in [0.2, 0.25) is 0 Å². The summed E-state index contributed by atoms with van der Waals surface area (Å²) < 4.78 is 1.35. The molecule has 0 spiro atoms. The van der Waals surface area contributed by atoms with Crippen molar-refractivity contribution in [3.8, 4) is 18.5 Å². The van der Waals surface area contributed by atoms with Gasteiger partial charge in [0.15, 0.2) is 5.82 Å². The molecule has 0 bridgehead atoms. The molecule has 0 aliphatic carbocycles. The van der Waals surface area contributed by atoms with Crippen molar-refractivity contribution in [2.75, 3.05) is 25.6 Å². The van der Waals surface area contributed by atoms with E-state index >= 15 is 0 Å². The number of allylic oxidation sites excluding steroid dienone is 2. The Morgan fingerprint density at radius 2 is 2.00 bits per heavy atom. The Labute approximate surface area is 164 Å². The van der Waals surface area contributed by atoms with E-state index in [0.717, 1.165) is 5.82 Å². The Balaban J connectivity index is 0.00000190. The first-order valence-electron chi connectivity index (χ1n) is 8.70. The maximum absolute atomic E-state index is 12.3. The van der Waals surface area contributed by atoms with Gasteiger partial charge in [0.05, 0.1) is 24.1 Å². The number of nitrogens with zero attached hydrogens (tertiary/aromatic N) is 4. The quantitative estimate of drug-likeness (QED) is 0.383. The number of anilines is 1. The third-order valence-corrected chi connectivity index (χ3v) is 3.72. The lowest BCUT2D eigenvalue weighted by Gasteiger charge is -2.13. The predicted octanol–water partition coefficient (Wildman–Crippen LogP) is 2.13. The molecule has 8 heteroatoms. The molecule has 0 aromatic carbocycles. The Bertz CT molecular complexity index is 887. The molecule has 0 amide bonds. The number of hydrogen-bond donors (Lipinski definition) is 3. The molecule has 2 heterocycles. The van der Waals surface area contributed by atoms with Gasteiger partial charge in [-0.1, -0.05) is 19.9 Å². The zero-order valence-corrected chi connectivity index (χ0v) is 16.6. The van der Waals surface area contributed by atoms with Gasteiger partial charge in [-0.25, -0.2) is 19.4 Å². The fourth-order valence-electron chi connectivity index (χ4n) is 2.35. The summed E-state index contributed by atoms with van der Waals surface area (Å²) in [5.74, 6) is 1.24. The van der Waals surface area contributed by atoms with Gasteiger partial charge in [-0.2, -0.15) is 5.10 Å². The summed E-state index contributed by atoms with van der Waals surface area (Å²) in [5, 5.41) is 25.9. The minimum Gasteiger partial charge on any atom is -0.507 e. The van der Waals surface area contributed by atoms with E-state index < -0.39 is 5.69 Å². The summed E-state index contributed by atoms with van der Waals surface area (Å²) in [6.07, 6.45) is 13.3. The summed E-state index contributed by atoms with van der Waals surface area (Å²) in [4.78, 5) is 18.5. The van der Waals surface area contributed by atoms with Crippen LogP contribution in [0.4, 0.5) is 5.82 Å². The molecular formula is C20H27N5O3. The van der Waals surface area contributed by atoms with E-state index in [2.05, 4.69) is 28.0 Å². The van der Waals surface area contributed by atoms with Crippen molar-refractivity contribution in [2.45, 2.75) is 20.3 Å². The van der Waals surface area contributed by atoms with Crippen LogP contribution < -0.4 is 10.6 Å². The number of terminal acetylenes is 1. The third kappa shape index (κ3) is 5.59.